The number of nitrogens with zero attached hydrogens (tertiary/aromatic N) is 1. The van der Waals surface area contributed by atoms with Gasteiger partial charge < -0.3 is 10.6 Å². The van der Waals surface area contributed by atoms with Crippen LogP contribution in [0.1, 0.15) is 33.6 Å². The van der Waals surface area contributed by atoms with Gasteiger partial charge in [0.15, 0.2) is 0 Å². The molecule has 74 valence electrons. The second-order valence-electron chi connectivity index (χ2n) is 3.71. The predicted octanol–water partition coefficient (Wildman–Crippen LogP) is 1.70. The number of hydrogen-bond donors (Lipinski definition) is 1. The Bertz CT molecular complexity index is 100. The first-order valence-corrected chi connectivity index (χ1v) is 5.05. The van der Waals surface area contributed by atoms with E-state index in [1.54, 1.807) is 0 Å². The van der Waals surface area contributed by atoms with Crippen molar-refractivity contribution in [1.29, 1.82) is 0 Å². The molecule has 2 unspecified atom stereocenters. The minimum atomic E-state index is 0.670. The third kappa shape index (κ3) is 4.07. The topological polar surface area (TPSA) is 29.3 Å². The highest BCUT2D eigenvalue weighted by Gasteiger charge is 2.11. The summed E-state index contributed by atoms with van der Waals surface area (Å²) in [5.74, 6) is 0.670. The van der Waals surface area contributed by atoms with Gasteiger partial charge in [-0.1, -0.05) is 20.3 Å². The smallest absolute Gasteiger partial charge is 0.00613 e. The summed E-state index contributed by atoms with van der Waals surface area (Å²) in [5, 5.41) is 0. The van der Waals surface area contributed by atoms with Crippen molar-refractivity contribution in [2.75, 3.05) is 20.1 Å². The summed E-state index contributed by atoms with van der Waals surface area (Å²) in [6.07, 6.45) is 2.41. The van der Waals surface area contributed by atoms with Crippen LogP contribution in [0.4, 0.5) is 0 Å². The molecule has 2 nitrogen and oxygen atoms in total. The van der Waals surface area contributed by atoms with Crippen LogP contribution in [0.2, 0.25) is 0 Å². The predicted molar refractivity (Wildman–Crippen MR) is 55.2 cm³/mol. The molecule has 0 aliphatic heterocycles. The fourth-order valence-electron chi connectivity index (χ4n) is 1.27. The fourth-order valence-corrected chi connectivity index (χ4v) is 1.27. The zero-order chi connectivity index (χ0) is 9.56. The average Bonchev–Trinajstić information content (AvgIpc) is 2.12. The van der Waals surface area contributed by atoms with E-state index in [0.29, 0.717) is 12.0 Å². The van der Waals surface area contributed by atoms with Crippen molar-refractivity contribution < 1.29 is 0 Å². The third-order valence-corrected chi connectivity index (χ3v) is 2.80. The minimum Gasteiger partial charge on any atom is -0.330 e. The van der Waals surface area contributed by atoms with E-state index in [1.807, 2.05) is 0 Å². The molecule has 2 atom stereocenters. The summed E-state index contributed by atoms with van der Waals surface area (Å²) < 4.78 is 0. The van der Waals surface area contributed by atoms with Gasteiger partial charge in [0.1, 0.15) is 0 Å². The van der Waals surface area contributed by atoms with E-state index in [4.69, 9.17) is 5.73 Å². The first kappa shape index (κ1) is 11.9. The van der Waals surface area contributed by atoms with Gasteiger partial charge in [0.25, 0.3) is 0 Å². The number of rotatable bonds is 6. The van der Waals surface area contributed by atoms with Crippen LogP contribution in [-0.4, -0.2) is 31.1 Å². The van der Waals surface area contributed by atoms with Gasteiger partial charge in [-0.25, -0.2) is 0 Å². The Kier molecular flexibility index (Phi) is 6.39. The molecule has 0 aliphatic rings. The maximum Gasteiger partial charge on any atom is 0.00613 e. The normalized spacial score (nSPS) is 16.5. The molecule has 0 aliphatic carbocycles. The molecule has 0 aromatic rings. The number of nitrogens with two attached hydrogens (primary N) is 1. The minimum absolute atomic E-state index is 0.670. The standard InChI is InChI=1S/C10H24N2/c1-5-9(3)12(4)8-10(6-2)7-11/h9-10H,5-8,11H2,1-4H3. The lowest BCUT2D eigenvalue weighted by atomic mass is 10.1. The quantitative estimate of drug-likeness (QED) is 0.661. The highest BCUT2D eigenvalue weighted by molar-refractivity contribution is 4.67. The van der Waals surface area contributed by atoms with Crippen molar-refractivity contribution in [2.24, 2.45) is 11.7 Å². The molecular weight excluding hydrogens is 148 g/mol. The Morgan fingerprint density at radius 2 is 1.83 bits per heavy atom. The van der Waals surface area contributed by atoms with E-state index in [-0.39, 0.29) is 0 Å². The maximum absolute atomic E-state index is 5.65. The Labute approximate surface area is 77.1 Å². The molecule has 0 bridgehead atoms. The summed E-state index contributed by atoms with van der Waals surface area (Å²) in [5.41, 5.74) is 5.65. The monoisotopic (exact) mass is 172 g/mol. The largest absolute Gasteiger partial charge is 0.330 e. The van der Waals surface area contributed by atoms with Crippen molar-refractivity contribution in [3.05, 3.63) is 0 Å². The van der Waals surface area contributed by atoms with Crippen LogP contribution in [0.3, 0.4) is 0 Å². The van der Waals surface area contributed by atoms with E-state index in [0.717, 1.165) is 13.1 Å². The molecule has 0 radical (unpaired) electrons. The summed E-state index contributed by atoms with van der Waals surface area (Å²) in [7, 11) is 2.19. The Morgan fingerprint density at radius 3 is 2.17 bits per heavy atom. The van der Waals surface area contributed by atoms with Gasteiger partial charge in [0.05, 0.1) is 0 Å². The van der Waals surface area contributed by atoms with Gasteiger partial charge in [0.2, 0.25) is 0 Å². The van der Waals surface area contributed by atoms with E-state index >= 15 is 0 Å². The molecule has 0 heterocycles. The third-order valence-electron chi connectivity index (χ3n) is 2.80. The summed E-state index contributed by atoms with van der Waals surface area (Å²) >= 11 is 0. The molecule has 2 N–H and O–H groups in total. The lowest BCUT2D eigenvalue weighted by molar-refractivity contribution is 0.213. The summed E-state index contributed by atoms with van der Waals surface area (Å²) in [6.45, 7) is 8.66. The molecule has 0 saturated heterocycles. The maximum atomic E-state index is 5.65. The van der Waals surface area contributed by atoms with Crippen LogP contribution >= 0.6 is 0 Å². The van der Waals surface area contributed by atoms with Crippen LogP contribution in [0.25, 0.3) is 0 Å². The van der Waals surface area contributed by atoms with Crippen molar-refractivity contribution in [2.45, 2.75) is 39.7 Å². The Morgan fingerprint density at radius 1 is 1.25 bits per heavy atom. The molecule has 0 aromatic carbocycles. The van der Waals surface area contributed by atoms with Crippen LogP contribution in [-0.2, 0) is 0 Å². The lowest BCUT2D eigenvalue weighted by Gasteiger charge is -2.27. The van der Waals surface area contributed by atoms with E-state index in [9.17, 15) is 0 Å². The van der Waals surface area contributed by atoms with Gasteiger partial charge in [-0.2, -0.15) is 0 Å². The zero-order valence-corrected chi connectivity index (χ0v) is 9.01. The molecule has 0 aromatic heterocycles. The Hall–Kier alpha value is -0.0800. The zero-order valence-electron chi connectivity index (χ0n) is 9.01. The van der Waals surface area contributed by atoms with Crippen LogP contribution in [0, 0.1) is 5.92 Å². The van der Waals surface area contributed by atoms with Gasteiger partial charge in [-0.3, -0.25) is 0 Å². The van der Waals surface area contributed by atoms with Gasteiger partial charge in [-0.05, 0) is 32.9 Å². The van der Waals surface area contributed by atoms with E-state index in [1.165, 1.54) is 12.8 Å². The molecule has 0 rings (SSSR count). The van der Waals surface area contributed by atoms with Crippen molar-refractivity contribution >= 4 is 0 Å². The number of hydrogen-bond acceptors (Lipinski definition) is 2. The van der Waals surface area contributed by atoms with Gasteiger partial charge in [-0.15, -0.1) is 0 Å². The van der Waals surface area contributed by atoms with E-state index in [2.05, 4.69) is 32.7 Å². The summed E-state index contributed by atoms with van der Waals surface area (Å²) in [6, 6.07) is 0.686. The first-order valence-electron chi connectivity index (χ1n) is 5.05. The molecular formula is C10H24N2. The van der Waals surface area contributed by atoms with Crippen molar-refractivity contribution in [3.63, 3.8) is 0 Å². The fraction of sp³-hybridized carbons (Fsp3) is 1.00. The molecule has 2 heteroatoms. The molecule has 12 heavy (non-hydrogen) atoms. The highest BCUT2D eigenvalue weighted by atomic mass is 15.1. The molecule has 0 saturated carbocycles. The highest BCUT2D eigenvalue weighted by Crippen LogP contribution is 2.06. The van der Waals surface area contributed by atoms with Gasteiger partial charge >= 0.3 is 0 Å². The van der Waals surface area contributed by atoms with Crippen LogP contribution in [0.5, 0.6) is 0 Å². The van der Waals surface area contributed by atoms with Crippen LogP contribution in [0.15, 0.2) is 0 Å². The second kappa shape index (κ2) is 6.44. The SMILES string of the molecule is CCC(CN)CN(C)C(C)CC. The van der Waals surface area contributed by atoms with Gasteiger partial charge in [0, 0.05) is 12.6 Å². The van der Waals surface area contributed by atoms with Crippen molar-refractivity contribution in [1.82, 2.24) is 4.90 Å². The van der Waals surface area contributed by atoms with Crippen molar-refractivity contribution in [3.8, 4) is 0 Å². The average molecular weight is 172 g/mol. The Balaban J connectivity index is 3.72. The van der Waals surface area contributed by atoms with E-state index < -0.39 is 0 Å². The molecule has 0 amide bonds. The summed E-state index contributed by atoms with van der Waals surface area (Å²) in [4.78, 5) is 2.40. The van der Waals surface area contributed by atoms with Crippen LogP contribution < -0.4 is 5.73 Å². The lowest BCUT2D eigenvalue weighted by Crippen LogP contribution is -2.35. The first-order chi connectivity index (χ1) is 5.65. The molecule has 0 fully saturated rings. The second-order valence-corrected chi connectivity index (χ2v) is 3.71. The molecule has 0 spiro atoms.